The molecule has 192 valence electrons. The number of hydrogen-bond acceptors (Lipinski definition) is 8. The second-order valence-corrected chi connectivity index (χ2v) is 8.50. The first-order chi connectivity index (χ1) is 17.9. The van der Waals surface area contributed by atoms with Gasteiger partial charge < -0.3 is 34.0 Å². The lowest BCUT2D eigenvalue weighted by atomic mass is 9.84. The number of allylic oxidation sites excluding steroid dienone is 1. The number of rotatable bonds is 8. The lowest BCUT2D eigenvalue weighted by Crippen LogP contribution is -2.33. The fraction of sp³-hybridized carbons (Fsp3) is 0.286. The molecule has 1 atom stereocenters. The number of nitriles is 1. The number of aromatic nitrogens is 1. The predicted octanol–water partition coefficient (Wildman–Crippen LogP) is 3.65. The highest BCUT2D eigenvalue weighted by Crippen LogP contribution is 2.42. The summed E-state index contributed by atoms with van der Waals surface area (Å²) in [6.07, 6.45) is 0.574. The molecule has 2 aromatic carbocycles. The van der Waals surface area contributed by atoms with Crippen molar-refractivity contribution in [3.05, 3.63) is 86.7 Å². The maximum Gasteiger partial charge on any atom is 0.258 e. The molecule has 1 unspecified atom stereocenters. The second kappa shape index (κ2) is 10.6. The van der Waals surface area contributed by atoms with Gasteiger partial charge in [-0.15, -0.1) is 0 Å². The number of nitrogens with zero attached hydrogens (tertiary/aromatic N) is 2. The Morgan fingerprint density at radius 2 is 1.57 bits per heavy atom. The Kier molecular flexibility index (Phi) is 7.30. The highest BCUT2D eigenvalue weighted by molar-refractivity contribution is 5.57. The molecule has 1 aromatic heterocycles. The van der Waals surface area contributed by atoms with Crippen molar-refractivity contribution < 1.29 is 23.7 Å². The van der Waals surface area contributed by atoms with Gasteiger partial charge in [-0.25, -0.2) is 0 Å². The van der Waals surface area contributed by atoms with Gasteiger partial charge in [0.2, 0.25) is 5.88 Å². The largest absolute Gasteiger partial charge is 0.493 e. The first kappa shape index (κ1) is 25.5. The van der Waals surface area contributed by atoms with E-state index in [1.807, 2.05) is 25.1 Å². The van der Waals surface area contributed by atoms with Crippen molar-refractivity contribution in [1.82, 2.24) is 4.57 Å². The standard InChI is InChI=1S/C28H29N3O6/c1-16-12-24-26(28(32)31(16)11-10-17-6-8-20(33-2)22(13-17)35-4)25(19(15-29)27(30)37-24)18-7-9-21(34-3)23(14-18)36-5/h6-9,12-14,25H,10-11,30H2,1-5H3. The Labute approximate surface area is 215 Å². The summed E-state index contributed by atoms with van der Waals surface area (Å²) in [5.41, 5.74) is 8.73. The van der Waals surface area contributed by atoms with Gasteiger partial charge in [-0.3, -0.25) is 4.79 Å². The summed E-state index contributed by atoms with van der Waals surface area (Å²) in [6, 6.07) is 14.9. The van der Waals surface area contributed by atoms with E-state index < -0.39 is 5.92 Å². The zero-order valence-electron chi connectivity index (χ0n) is 21.5. The molecule has 0 bridgehead atoms. The van der Waals surface area contributed by atoms with Crippen molar-refractivity contribution in [1.29, 1.82) is 5.26 Å². The maximum atomic E-state index is 13.9. The van der Waals surface area contributed by atoms with Crippen molar-refractivity contribution in [2.75, 3.05) is 28.4 Å². The van der Waals surface area contributed by atoms with Crippen molar-refractivity contribution in [3.63, 3.8) is 0 Å². The SMILES string of the molecule is COc1ccc(CCn2c(C)cc3c(c2=O)C(c2ccc(OC)c(OC)c2)C(C#N)=C(N)O3)cc1OC. The summed E-state index contributed by atoms with van der Waals surface area (Å²) in [5.74, 6) is 1.84. The van der Waals surface area contributed by atoms with Crippen molar-refractivity contribution >= 4 is 0 Å². The van der Waals surface area contributed by atoms with E-state index >= 15 is 0 Å². The van der Waals surface area contributed by atoms with E-state index in [4.69, 9.17) is 29.4 Å². The summed E-state index contributed by atoms with van der Waals surface area (Å²) < 4.78 is 29.0. The minimum atomic E-state index is -0.728. The van der Waals surface area contributed by atoms with E-state index in [9.17, 15) is 10.1 Å². The lowest BCUT2D eigenvalue weighted by Gasteiger charge is -2.27. The zero-order valence-corrected chi connectivity index (χ0v) is 21.5. The highest BCUT2D eigenvalue weighted by Gasteiger charge is 2.34. The van der Waals surface area contributed by atoms with Crippen LogP contribution in [0, 0.1) is 18.3 Å². The van der Waals surface area contributed by atoms with Gasteiger partial charge in [-0.05, 0) is 48.7 Å². The number of aryl methyl sites for hydroxylation is 2. The number of fused-ring (bicyclic) bond motifs is 1. The maximum absolute atomic E-state index is 13.9. The third-order valence-corrected chi connectivity index (χ3v) is 6.50. The molecule has 2 N–H and O–H groups in total. The van der Waals surface area contributed by atoms with Crippen LogP contribution in [0.5, 0.6) is 28.7 Å². The van der Waals surface area contributed by atoms with Crippen molar-refractivity contribution in [2.45, 2.75) is 25.8 Å². The third kappa shape index (κ3) is 4.66. The molecule has 0 amide bonds. The van der Waals surface area contributed by atoms with Gasteiger partial charge in [0.1, 0.15) is 17.4 Å². The molecule has 1 aliphatic heterocycles. The van der Waals surface area contributed by atoms with E-state index in [1.54, 1.807) is 50.2 Å². The Bertz CT molecular complexity index is 1470. The van der Waals surface area contributed by atoms with E-state index in [1.165, 1.54) is 7.11 Å². The second-order valence-electron chi connectivity index (χ2n) is 8.50. The molecule has 0 fully saturated rings. The minimum absolute atomic E-state index is 0.0309. The van der Waals surface area contributed by atoms with Crippen LogP contribution in [0.3, 0.4) is 0 Å². The Morgan fingerprint density at radius 3 is 2.19 bits per heavy atom. The molecule has 9 heteroatoms. The van der Waals surface area contributed by atoms with Crippen LogP contribution in [0.1, 0.15) is 28.3 Å². The fourth-order valence-corrected chi connectivity index (χ4v) is 4.61. The Balaban J connectivity index is 1.79. The molecule has 37 heavy (non-hydrogen) atoms. The van der Waals surface area contributed by atoms with Crippen LogP contribution in [-0.4, -0.2) is 33.0 Å². The smallest absolute Gasteiger partial charge is 0.258 e. The van der Waals surface area contributed by atoms with Crippen LogP contribution < -0.4 is 35.0 Å². The predicted molar refractivity (Wildman–Crippen MR) is 138 cm³/mol. The van der Waals surface area contributed by atoms with E-state index in [0.717, 1.165) is 5.56 Å². The summed E-state index contributed by atoms with van der Waals surface area (Å²) in [4.78, 5) is 13.9. The molecule has 0 radical (unpaired) electrons. The van der Waals surface area contributed by atoms with Crippen LogP contribution in [0.25, 0.3) is 0 Å². The van der Waals surface area contributed by atoms with Crippen molar-refractivity contribution in [3.8, 4) is 34.8 Å². The highest BCUT2D eigenvalue weighted by atomic mass is 16.5. The normalized spacial score (nSPS) is 14.3. The molecule has 0 saturated heterocycles. The molecule has 3 aromatic rings. The molecular formula is C28H29N3O6. The number of methoxy groups -OCH3 is 4. The quantitative estimate of drug-likeness (QED) is 0.495. The van der Waals surface area contributed by atoms with Gasteiger partial charge in [-0.2, -0.15) is 5.26 Å². The fourth-order valence-electron chi connectivity index (χ4n) is 4.61. The first-order valence-corrected chi connectivity index (χ1v) is 11.6. The molecule has 0 spiro atoms. The molecule has 1 aliphatic rings. The van der Waals surface area contributed by atoms with E-state index in [2.05, 4.69) is 6.07 Å². The number of benzene rings is 2. The van der Waals surface area contributed by atoms with Crippen LogP contribution in [0.4, 0.5) is 0 Å². The van der Waals surface area contributed by atoms with Gasteiger partial charge in [0, 0.05) is 18.3 Å². The number of pyridine rings is 1. The number of nitrogens with two attached hydrogens (primary N) is 1. The minimum Gasteiger partial charge on any atom is -0.493 e. The molecule has 2 heterocycles. The summed E-state index contributed by atoms with van der Waals surface area (Å²) in [7, 11) is 6.24. The third-order valence-electron chi connectivity index (χ3n) is 6.50. The number of hydrogen-bond donors (Lipinski definition) is 1. The summed E-state index contributed by atoms with van der Waals surface area (Å²) in [6.45, 7) is 2.25. The van der Waals surface area contributed by atoms with Crippen LogP contribution >= 0.6 is 0 Å². The van der Waals surface area contributed by atoms with E-state index in [0.29, 0.717) is 58.5 Å². The van der Waals surface area contributed by atoms with Gasteiger partial charge in [0.25, 0.3) is 5.56 Å². The van der Waals surface area contributed by atoms with Gasteiger partial charge in [-0.1, -0.05) is 12.1 Å². The number of ether oxygens (including phenoxy) is 5. The van der Waals surface area contributed by atoms with Gasteiger partial charge in [0.15, 0.2) is 23.0 Å². The average Bonchev–Trinajstić information content (AvgIpc) is 2.91. The molecule has 0 aliphatic carbocycles. The molecule has 0 saturated carbocycles. The van der Waals surface area contributed by atoms with Gasteiger partial charge in [0.05, 0.1) is 39.9 Å². The molecular weight excluding hydrogens is 474 g/mol. The van der Waals surface area contributed by atoms with Gasteiger partial charge >= 0.3 is 0 Å². The topological polar surface area (TPSA) is 118 Å². The monoisotopic (exact) mass is 503 g/mol. The molecule has 4 rings (SSSR count). The lowest BCUT2D eigenvalue weighted by molar-refractivity contribution is 0.354. The zero-order chi connectivity index (χ0) is 26.7. The first-order valence-electron chi connectivity index (χ1n) is 11.6. The summed E-state index contributed by atoms with van der Waals surface area (Å²) in [5, 5.41) is 9.95. The van der Waals surface area contributed by atoms with Crippen LogP contribution in [0.15, 0.2) is 58.7 Å². The van der Waals surface area contributed by atoms with Crippen LogP contribution in [0.2, 0.25) is 0 Å². The van der Waals surface area contributed by atoms with E-state index in [-0.39, 0.29) is 17.0 Å². The Hall–Kier alpha value is -4.58. The average molecular weight is 504 g/mol. The van der Waals surface area contributed by atoms with Crippen LogP contribution in [-0.2, 0) is 13.0 Å². The molecule has 9 nitrogen and oxygen atoms in total. The summed E-state index contributed by atoms with van der Waals surface area (Å²) >= 11 is 0. The van der Waals surface area contributed by atoms with Crippen molar-refractivity contribution in [2.24, 2.45) is 5.73 Å². The Morgan fingerprint density at radius 1 is 0.946 bits per heavy atom.